The van der Waals surface area contributed by atoms with Gasteiger partial charge in [0.15, 0.2) is 0 Å². The van der Waals surface area contributed by atoms with Gasteiger partial charge >= 0.3 is 0 Å². The molecule has 0 bridgehead atoms. The van der Waals surface area contributed by atoms with Gasteiger partial charge in [0.1, 0.15) is 5.82 Å². The second-order valence-corrected chi connectivity index (χ2v) is 4.29. The number of benzene rings is 1. The van der Waals surface area contributed by atoms with Crippen molar-refractivity contribution in [1.82, 2.24) is 5.32 Å². The predicted octanol–water partition coefficient (Wildman–Crippen LogP) is 2.76. The van der Waals surface area contributed by atoms with Gasteiger partial charge in [0.05, 0.1) is 12.6 Å². The van der Waals surface area contributed by atoms with E-state index < -0.39 is 0 Å². The van der Waals surface area contributed by atoms with E-state index in [1.54, 1.807) is 12.1 Å². The van der Waals surface area contributed by atoms with Gasteiger partial charge in [0.2, 0.25) is 0 Å². The molecule has 0 saturated carbocycles. The summed E-state index contributed by atoms with van der Waals surface area (Å²) < 4.78 is 19.0. The molecular weight excluding hydrogens is 205 g/mol. The zero-order chi connectivity index (χ0) is 12.0. The average Bonchev–Trinajstić information content (AvgIpc) is 2.25. The molecule has 1 atom stereocenters. The van der Waals surface area contributed by atoms with Gasteiger partial charge in [-0.2, -0.15) is 0 Å². The van der Waals surface area contributed by atoms with E-state index >= 15 is 0 Å². The molecule has 16 heavy (non-hydrogen) atoms. The van der Waals surface area contributed by atoms with Crippen LogP contribution in [0.15, 0.2) is 24.3 Å². The van der Waals surface area contributed by atoms with E-state index in [1.807, 2.05) is 13.1 Å². The summed E-state index contributed by atoms with van der Waals surface area (Å²) in [5.41, 5.74) is 0.661. The third-order valence-electron chi connectivity index (χ3n) is 2.36. The van der Waals surface area contributed by atoms with E-state index in [4.69, 9.17) is 4.74 Å². The van der Waals surface area contributed by atoms with Gasteiger partial charge in [0, 0.05) is 12.2 Å². The monoisotopic (exact) mass is 225 g/mol. The highest BCUT2D eigenvalue weighted by molar-refractivity contribution is 5.21. The van der Waals surface area contributed by atoms with Crippen LogP contribution in [0.5, 0.6) is 0 Å². The lowest BCUT2D eigenvalue weighted by Crippen LogP contribution is -2.23. The van der Waals surface area contributed by atoms with Crippen molar-refractivity contribution in [3.05, 3.63) is 35.6 Å². The fourth-order valence-corrected chi connectivity index (χ4v) is 1.51. The van der Waals surface area contributed by atoms with Crippen LogP contribution < -0.4 is 5.32 Å². The Morgan fingerprint density at radius 3 is 2.50 bits per heavy atom. The van der Waals surface area contributed by atoms with Crippen LogP contribution >= 0.6 is 0 Å². The molecule has 2 nitrogen and oxygen atoms in total. The topological polar surface area (TPSA) is 21.3 Å². The number of hydrogen-bond acceptors (Lipinski definition) is 2. The summed E-state index contributed by atoms with van der Waals surface area (Å²) in [6.07, 6.45) is 0. The summed E-state index contributed by atoms with van der Waals surface area (Å²) in [7, 11) is 1.82. The molecule has 0 aliphatic carbocycles. The normalized spacial score (nSPS) is 13.1. The average molecular weight is 225 g/mol. The van der Waals surface area contributed by atoms with E-state index in [-0.39, 0.29) is 11.9 Å². The van der Waals surface area contributed by atoms with Crippen LogP contribution in [-0.2, 0) is 4.74 Å². The van der Waals surface area contributed by atoms with Crippen LogP contribution in [0.1, 0.15) is 25.5 Å². The number of nitrogens with one attached hydrogen (secondary N) is 1. The summed E-state index contributed by atoms with van der Waals surface area (Å²) in [5, 5.41) is 3.07. The maximum Gasteiger partial charge on any atom is 0.128 e. The van der Waals surface area contributed by atoms with Crippen LogP contribution in [0.4, 0.5) is 4.39 Å². The van der Waals surface area contributed by atoms with Crippen molar-refractivity contribution >= 4 is 0 Å². The van der Waals surface area contributed by atoms with Crippen molar-refractivity contribution in [2.24, 2.45) is 5.92 Å². The fraction of sp³-hybridized carbons (Fsp3) is 0.538. The molecule has 1 rings (SSSR count). The first kappa shape index (κ1) is 13.1. The molecule has 1 N–H and O–H groups in total. The van der Waals surface area contributed by atoms with Gasteiger partial charge in [0.25, 0.3) is 0 Å². The Bertz CT molecular complexity index is 315. The van der Waals surface area contributed by atoms with E-state index in [0.717, 1.165) is 0 Å². The van der Waals surface area contributed by atoms with E-state index in [9.17, 15) is 4.39 Å². The molecule has 0 amide bonds. The smallest absolute Gasteiger partial charge is 0.128 e. The summed E-state index contributed by atoms with van der Waals surface area (Å²) >= 11 is 0. The molecule has 1 aromatic rings. The molecule has 0 saturated heterocycles. The highest BCUT2D eigenvalue weighted by Gasteiger charge is 2.13. The van der Waals surface area contributed by atoms with Crippen LogP contribution in [0.2, 0.25) is 0 Å². The van der Waals surface area contributed by atoms with E-state index in [1.165, 1.54) is 6.07 Å². The summed E-state index contributed by atoms with van der Waals surface area (Å²) in [6.45, 7) is 5.39. The molecule has 0 fully saturated rings. The van der Waals surface area contributed by atoms with E-state index in [0.29, 0.717) is 24.7 Å². The lowest BCUT2D eigenvalue weighted by Gasteiger charge is -2.18. The Hall–Kier alpha value is -0.930. The highest BCUT2D eigenvalue weighted by Crippen LogP contribution is 2.16. The third kappa shape index (κ3) is 3.91. The highest BCUT2D eigenvalue weighted by atomic mass is 19.1. The van der Waals surface area contributed by atoms with Gasteiger partial charge in [-0.1, -0.05) is 32.0 Å². The first-order valence-corrected chi connectivity index (χ1v) is 5.64. The number of rotatable bonds is 6. The minimum Gasteiger partial charge on any atom is -0.379 e. The second-order valence-electron chi connectivity index (χ2n) is 4.29. The molecule has 0 heterocycles. The number of likely N-dealkylation sites (N-methyl/N-ethyl adjacent to an activating group) is 1. The Labute approximate surface area is 96.8 Å². The Balaban J connectivity index is 2.57. The van der Waals surface area contributed by atoms with Crippen LogP contribution in [0, 0.1) is 11.7 Å². The Morgan fingerprint density at radius 1 is 1.25 bits per heavy atom. The lowest BCUT2D eigenvalue weighted by atomic mass is 10.1. The van der Waals surface area contributed by atoms with Gasteiger partial charge < -0.3 is 10.1 Å². The van der Waals surface area contributed by atoms with Gasteiger partial charge in [-0.15, -0.1) is 0 Å². The second kappa shape index (κ2) is 6.61. The maximum atomic E-state index is 13.5. The third-order valence-corrected chi connectivity index (χ3v) is 2.36. The molecular formula is C13H20FNO. The standard InChI is InChI=1S/C13H20FNO/c1-10(2)8-16-9-13(15-3)11-6-4-5-7-12(11)14/h4-7,10,13,15H,8-9H2,1-3H3. The van der Waals surface area contributed by atoms with Crippen molar-refractivity contribution in [3.63, 3.8) is 0 Å². The summed E-state index contributed by atoms with van der Waals surface area (Å²) in [6, 6.07) is 6.71. The van der Waals surface area contributed by atoms with Crippen LogP contribution in [0.25, 0.3) is 0 Å². The minimum atomic E-state index is -0.185. The van der Waals surface area contributed by atoms with Crippen LogP contribution in [0.3, 0.4) is 0 Å². The lowest BCUT2D eigenvalue weighted by molar-refractivity contribution is 0.0911. The van der Waals surface area contributed by atoms with Crippen molar-refractivity contribution in [2.75, 3.05) is 20.3 Å². The molecule has 0 aliphatic heterocycles. The van der Waals surface area contributed by atoms with Crippen molar-refractivity contribution < 1.29 is 9.13 Å². The predicted molar refractivity (Wildman–Crippen MR) is 63.9 cm³/mol. The zero-order valence-electron chi connectivity index (χ0n) is 10.2. The van der Waals surface area contributed by atoms with Crippen LogP contribution in [-0.4, -0.2) is 20.3 Å². The molecule has 0 aromatic heterocycles. The zero-order valence-corrected chi connectivity index (χ0v) is 10.2. The Kier molecular flexibility index (Phi) is 5.43. The maximum absolute atomic E-state index is 13.5. The number of ether oxygens (including phenoxy) is 1. The van der Waals surface area contributed by atoms with Gasteiger partial charge in [-0.05, 0) is 19.0 Å². The molecule has 0 aliphatic rings. The van der Waals surface area contributed by atoms with Gasteiger partial charge in [-0.25, -0.2) is 4.39 Å². The quantitative estimate of drug-likeness (QED) is 0.803. The number of halogens is 1. The minimum absolute atomic E-state index is 0.0834. The largest absolute Gasteiger partial charge is 0.379 e. The first-order chi connectivity index (χ1) is 7.65. The molecule has 3 heteroatoms. The van der Waals surface area contributed by atoms with Gasteiger partial charge in [-0.3, -0.25) is 0 Å². The van der Waals surface area contributed by atoms with Crippen molar-refractivity contribution in [3.8, 4) is 0 Å². The van der Waals surface area contributed by atoms with Crippen molar-refractivity contribution in [2.45, 2.75) is 19.9 Å². The summed E-state index contributed by atoms with van der Waals surface area (Å²) in [5.74, 6) is 0.313. The Morgan fingerprint density at radius 2 is 1.94 bits per heavy atom. The molecule has 90 valence electrons. The number of hydrogen-bond donors (Lipinski definition) is 1. The van der Waals surface area contributed by atoms with E-state index in [2.05, 4.69) is 19.2 Å². The summed E-state index contributed by atoms with van der Waals surface area (Å²) in [4.78, 5) is 0. The van der Waals surface area contributed by atoms with Crippen molar-refractivity contribution in [1.29, 1.82) is 0 Å². The SMILES string of the molecule is CNC(COCC(C)C)c1ccccc1F. The first-order valence-electron chi connectivity index (χ1n) is 5.64. The molecule has 0 radical (unpaired) electrons. The molecule has 1 aromatic carbocycles. The molecule has 0 spiro atoms. The molecule has 1 unspecified atom stereocenters. The fourth-order valence-electron chi connectivity index (χ4n) is 1.51.